The minimum absolute atomic E-state index is 0.00734. The van der Waals surface area contributed by atoms with Gasteiger partial charge in [0.05, 0.1) is 5.56 Å². The predicted octanol–water partition coefficient (Wildman–Crippen LogP) is 5.09. The highest BCUT2D eigenvalue weighted by Crippen LogP contribution is 2.47. The second-order valence-electron chi connectivity index (χ2n) is 9.06. The molecule has 2 aliphatic rings. The van der Waals surface area contributed by atoms with E-state index >= 15 is 0 Å². The van der Waals surface area contributed by atoms with E-state index < -0.39 is 28.1 Å². The molecule has 0 spiro atoms. The molecule has 6 N–H and O–H groups in total. The monoisotopic (exact) mass is 538 g/mol. The van der Waals surface area contributed by atoms with E-state index in [-0.39, 0.29) is 67.8 Å². The molecule has 0 unspecified atom stereocenters. The first-order chi connectivity index (χ1) is 19.1. The van der Waals surface area contributed by atoms with Crippen molar-refractivity contribution >= 4 is 11.0 Å². The molecule has 1 aromatic heterocycles. The third kappa shape index (κ3) is 3.91. The van der Waals surface area contributed by atoms with Gasteiger partial charge in [-0.15, -0.1) is 0 Å². The molecular weight excluding hydrogens is 520 g/mol. The van der Waals surface area contributed by atoms with E-state index in [1.165, 1.54) is 42.5 Å². The number of hydrogen-bond donors (Lipinski definition) is 6. The van der Waals surface area contributed by atoms with E-state index in [0.717, 1.165) is 30.3 Å². The first-order valence-corrected chi connectivity index (χ1v) is 11.8. The molecule has 40 heavy (non-hydrogen) atoms. The second kappa shape index (κ2) is 8.84. The summed E-state index contributed by atoms with van der Waals surface area (Å²) in [5.74, 6) is -2.20. The van der Waals surface area contributed by atoms with Gasteiger partial charge in [-0.25, -0.2) is 0 Å². The van der Waals surface area contributed by atoms with Crippen molar-refractivity contribution < 1.29 is 39.5 Å². The number of rotatable bonds is 3. The summed E-state index contributed by atoms with van der Waals surface area (Å²) >= 11 is 0. The fourth-order valence-electron chi connectivity index (χ4n) is 4.67. The van der Waals surface area contributed by atoms with Gasteiger partial charge in [-0.05, 0) is 42.5 Å². The summed E-state index contributed by atoms with van der Waals surface area (Å²) in [7, 11) is 0. The Bertz CT molecular complexity index is 2050. The van der Waals surface area contributed by atoms with E-state index in [9.17, 15) is 40.2 Å². The average Bonchev–Trinajstić information content (AvgIpc) is 2.88. The van der Waals surface area contributed by atoms with Crippen LogP contribution in [-0.4, -0.2) is 30.6 Å². The molecule has 198 valence electrons. The second-order valence-corrected chi connectivity index (χ2v) is 9.06. The highest BCUT2D eigenvalue weighted by molar-refractivity contribution is 6.03. The lowest BCUT2D eigenvalue weighted by Gasteiger charge is -2.16. The number of fused-ring (bicyclic) bond motifs is 2. The van der Waals surface area contributed by atoms with Gasteiger partial charge >= 0.3 is 0 Å². The first-order valence-electron chi connectivity index (χ1n) is 11.8. The van der Waals surface area contributed by atoms with Gasteiger partial charge in [0, 0.05) is 47.0 Å². The maximum absolute atomic E-state index is 13.1. The van der Waals surface area contributed by atoms with E-state index in [0.29, 0.717) is 5.56 Å². The normalized spacial score (nSPS) is 11.3. The molecule has 0 saturated heterocycles. The highest BCUT2D eigenvalue weighted by atomic mass is 16.3. The van der Waals surface area contributed by atoms with E-state index in [1.54, 1.807) is 0 Å². The van der Waals surface area contributed by atoms with Crippen LogP contribution in [0.2, 0.25) is 0 Å². The van der Waals surface area contributed by atoms with Crippen molar-refractivity contribution in [1.82, 2.24) is 0 Å². The number of phenols is 5. The predicted molar refractivity (Wildman–Crippen MR) is 144 cm³/mol. The molecule has 3 aromatic carbocycles. The quantitative estimate of drug-likeness (QED) is 0.178. The molecular formula is C30H18O10. The molecule has 4 aromatic rings. The van der Waals surface area contributed by atoms with Crippen molar-refractivity contribution in [2.45, 2.75) is 0 Å². The van der Waals surface area contributed by atoms with Crippen LogP contribution in [-0.2, 0) is 0 Å². The van der Waals surface area contributed by atoms with Gasteiger partial charge in [-0.1, -0.05) is 0 Å². The van der Waals surface area contributed by atoms with Crippen molar-refractivity contribution in [2.24, 2.45) is 0 Å². The minimum Gasteiger partial charge on any atom is -0.508 e. The summed E-state index contributed by atoms with van der Waals surface area (Å²) in [5.41, 5.74) is -1.08. The molecule has 10 nitrogen and oxygen atoms in total. The minimum atomic E-state index is -0.667. The molecule has 0 bridgehead atoms. The van der Waals surface area contributed by atoms with Gasteiger partial charge in [-0.2, -0.15) is 0 Å². The van der Waals surface area contributed by atoms with E-state index in [4.69, 9.17) is 8.83 Å². The largest absolute Gasteiger partial charge is 0.508 e. The van der Waals surface area contributed by atoms with Crippen LogP contribution in [0.15, 0.2) is 91.2 Å². The molecule has 0 fully saturated rings. The summed E-state index contributed by atoms with van der Waals surface area (Å²) in [5, 5.41) is 61.8. The summed E-state index contributed by atoms with van der Waals surface area (Å²) in [6.07, 6.45) is 0. The maximum atomic E-state index is 13.1. The van der Waals surface area contributed by atoms with E-state index in [1.807, 2.05) is 0 Å². The number of phenolic OH excluding ortho intramolecular Hbond substituents is 5. The van der Waals surface area contributed by atoms with Crippen LogP contribution in [0.3, 0.4) is 0 Å². The van der Waals surface area contributed by atoms with Crippen LogP contribution in [0.1, 0.15) is 0 Å². The first kappa shape index (κ1) is 24.4. The Kier molecular flexibility index (Phi) is 5.40. The Balaban J connectivity index is 1.69. The van der Waals surface area contributed by atoms with Crippen LogP contribution >= 0.6 is 0 Å². The van der Waals surface area contributed by atoms with Gasteiger partial charge in [0.25, 0.3) is 0 Å². The Labute approximate surface area is 223 Å². The average molecular weight is 538 g/mol. The molecule has 6 rings (SSSR count). The zero-order valence-corrected chi connectivity index (χ0v) is 20.2. The maximum Gasteiger partial charge on any atom is 0.197 e. The van der Waals surface area contributed by atoms with Crippen LogP contribution in [0.25, 0.3) is 56.1 Å². The lowest BCUT2D eigenvalue weighted by atomic mass is 9.94. The zero-order chi connectivity index (χ0) is 28.3. The summed E-state index contributed by atoms with van der Waals surface area (Å²) in [4.78, 5) is 25.4. The molecule has 1 aliphatic heterocycles. The Hall–Kier alpha value is -5.90. The van der Waals surface area contributed by atoms with Gasteiger partial charge in [-0.3, -0.25) is 9.59 Å². The molecule has 2 heterocycles. The number of benzene rings is 4. The Morgan fingerprint density at radius 2 is 1.18 bits per heavy atom. The van der Waals surface area contributed by atoms with Gasteiger partial charge < -0.3 is 39.5 Å². The standard InChI is InChI=1S/C30H18O10/c31-14-3-1-13(2-4-14)24-11-23(38)29-21(36)10-20(35)27(30(29)40-24)18-7-15(32)5-6-17(18)25-12-22(37)28-19(34)8-16(33)9-26(28)39-25/h1-12,31-33,35-37H. The van der Waals surface area contributed by atoms with Crippen molar-refractivity contribution in [3.8, 4) is 79.6 Å². The smallest absolute Gasteiger partial charge is 0.197 e. The van der Waals surface area contributed by atoms with Crippen molar-refractivity contribution in [1.29, 1.82) is 0 Å². The molecule has 0 saturated carbocycles. The highest BCUT2D eigenvalue weighted by Gasteiger charge is 2.25. The zero-order valence-electron chi connectivity index (χ0n) is 20.2. The topological polar surface area (TPSA) is 182 Å². The summed E-state index contributed by atoms with van der Waals surface area (Å²) in [6.45, 7) is 0. The summed E-state index contributed by atoms with van der Waals surface area (Å²) < 4.78 is 11.9. The van der Waals surface area contributed by atoms with Crippen molar-refractivity contribution in [2.75, 3.05) is 0 Å². The molecule has 0 radical (unpaired) electrons. The lowest BCUT2D eigenvalue weighted by Crippen LogP contribution is -2.04. The fourth-order valence-corrected chi connectivity index (χ4v) is 4.67. The SMILES string of the molecule is O=c1cc(O)cc2oc(-c3ccc(O)cc3-c3c(O)cc(O)c4c(=O)cc(-c5ccc(O)cc5)oc34)cc(O)c1-2. The third-order valence-electron chi connectivity index (χ3n) is 6.44. The Morgan fingerprint density at radius 1 is 0.475 bits per heavy atom. The molecule has 10 heteroatoms. The van der Waals surface area contributed by atoms with Gasteiger partial charge in [0.2, 0.25) is 0 Å². The van der Waals surface area contributed by atoms with Crippen LogP contribution in [0, 0.1) is 0 Å². The Morgan fingerprint density at radius 3 is 1.93 bits per heavy atom. The van der Waals surface area contributed by atoms with Crippen LogP contribution < -0.4 is 10.9 Å². The van der Waals surface area contributed by atoms with Crippen LogP contribution in [0.5, 0.6) is 34.5 Å². The third-order valence-corrected chi connectivity index (χ3v) is 6.44. The van der Waals surface area contributed by atoms with Crippen LogP contribution in [0.4, 0.5) is 0 Å². The molecule has 1 aliphatic carbocycles. The lowest BCUT2D eigenvalue weighted by molar-refractivity contribution is 0.453. The molecule has 0 atom stereocenters. The number of aromatic hydroxyl groups is 6. The molecule has 0 amide bonds. The van der Waals surface area contributed by atoms with Crippen molar-refractivity contribution in [3.63, 3.8) is 0 Å². The fraction of sp³-hybridized carbons (Fsp3) is 0. The number of hydrogen-bond acceptors (Lipinski definition) is 10. The van der Waals surface area contributed by atoms with Gasteiger partial charge in [0.1, 0.15) is 62.7 Å². The summed E-state index contributed by atoms with van der Waals surface area (Å²) in [6, 6.07) is 15.1. The van der Waals surface area contributed by atoms with E-state index in [2.05, 4.69) is 0 Å². The van der Waals surface area contributed by atoms with Gasteiger partial charge in [0.15, 0.2) is 16.4 Å². The van der Waals surface area contributed by atoms with Crippen molar-refractivity contribution in [3.05, 3.63) is 93.2 Å².